The number of hydrogen-bond acceptors (Lipinski definition) is 2. The van der Waals surface area contributed by atoms with Crippen molar-refractivity contribution in [3.05, 3.63) is 59.4 Å². The predicted molar refractivity (Wildman–Crippen MR) is 74.5 cm³/mol. The summed E-state index contributed by atoms with van der Waals surface area (Å²) in [6, 6.07) is 13.3. The van der Waals surface area contributed by atoms with Gasteiger partial charge in [0, 0.05) is 25.0 Å². The Morgan fingerprint density at radius 2 is 1.67 bits per heavy atom. The van der Waals surface area contributed by atoms with Gasteiger partial charge in [-0.1, -0.05) is 12.1 Å². The van der Waals surface area contributed by atoms with Crippen molar-refractivity contribution in [1.82, 2.24) is 0 Å². The van der Waals surface area contributed by atoms with Gasteiger partial charge in [-0.2, -0.15) is 0 Å². The molecule has 0 aliphatic rings. The molecule has 0 unspecified atom stereocenters. The zero-order chi connectivity index (χ0) is 13.0. The molecule has 0 bridgehead atoms. The summed E-state index contributed by atoms with van der Waals surface area (Å²) in [5, 5.41) is 6.36. The van der Waals surface area contributed by atoms with Crippen molar-refractivity contribution in [2.45, 2.75) is 13.5 Å². The molecule has 94 valence electrons. The minimum atomic E-state index is -0.168. The highest BCUT2D eigenvalue weighted by molar-refractivity contribution is 5.48. The first-order valence-electron chi connectivity index (χ1n) is 5.96. The lowest BCUT2D eigenvalue weighted by atomic mass is 10.2. The van der Waals surface area contributed by atoms with E-state index in [-0.39, 0.29) is 5.82 Å². The monoisotopic (exact) mass is 244 g/mol. The molecule has 0 fully saturated rings. The Bertz CT molecular complexity index is 521. The van der Waals surface area contributed by atoms with Gasteiger partial charge in [-0.15, -0.1) is 0 Å². The maximum Gasteiger partial charge on any atom is 0.126 e. The predicted octanol–water partition coefficient (Wildman–Crippen LogP) is 3.79. The summed E-state index contributed by atoms with van der Waals surface area (Å²) >= 11 is 0. The highest BCUT2D eigenvalue weighted by Crippen LogP contribution is 2.15. The highest BCUT2D eigenvalue weighted by Gasteiger charge is 1.99. The third-order valence-electron chi connectivity index (χ3n) is 2.90. The van der Waals surface area contributed by atoms with Crippen LogP contribution in [0, 0.1) is 12.7 Å². The third-order valence-corrected chi connectivity index (χ3v) is 2.90. The van der Waals surface area contributed by atoms with Crippen molar-refractivity contribution in [2.75, 3.05) is 17.7 Å². The molecule has 0 atom stereocenters. The summed E-state index contributed by atoms with van der Waals surface area (Å²) in [7, 11) is 1.90. The van der Waals surface area contributed by atoms with Crippen LogP contribution in [-0.2, 0) is 6.54 Å². The molecule has 0 aromatic heterocycles. The minimum absolute atomic E-state index is 0.168. The molecule has 0 heterocycles. The van der Waals surface area contributed by atoms with Gasteiger partial charge in [0.1, 0.15) is 5.82 Å². The topological polar surface area (TPSA) is 24.1 Å². The lowest BCUT2D eigenvalue weighted by molar-refractivity contribution is 0.618. The van der Waals surface area contributed by atoms with Crippen LogP contribution in [0.3, 0.4) is 0 Å². The number of nitrogens with one attached hydrogen (secondary N) is 2. The highest BCUT2D eigenvalue weighted by atomic mass is 19.1. The fourth-order valence-electron chi connectivity index (χ4n) is 1.75. The Kier molecular flexibility index (Phi) is 3.82. The third kappa shape index (κ3) is 3.00. The molecule has 2 aromatic rings. The molecule has 2 aromatic carbocycles. The van der Waals surface area contributed by atoms with Gasteiger partial charge in [0.2, 0.25) is 0 Å². The largest absolute Gasteiger partial charge is 0.388 e. The first-order valence-corrected chi connectivity index (χ1v) is 5.96. The second-order valence-corrected chi connectivity index (χ2v) is 4.26. The van der Waals surface area contributed by atoms with E-state index < -0.39 is 0 Å². The van der Waals surface area contributed by atoms with Gasteiger partial charge in [-0.3, -0.25) is 0 Å². The van der Waals surface area contributed by atoms with Crippen molar-refractivity contribution in [2.24, 2.45) is 0 Å². The van der Waals surface area contributed by atoms with Crippen molar-refractivity contribution in [1.29, 1.82) is 0 Å². The number of halogens is 1. The molecule has 2 N–H and O–H groups in total. The Labute approximate surface area is 107 Å². The quantitative estimate of drug-likeness (QED) is 0.855. The van der Waals surface area contributed by atoms with E-state index >= 15 is 0 Å². The Hall–Kier alpha value is -2.03. The summed E-state index contributed by atoms with van der Waals surface area (Å²) in [6.45, 7) is 2.50. The van der Waals surface area contributed by atoms with Crippen LogP contribution in [0.4, 0.5) is 15.8 Å². The Morgan fingerprint density at radius 1 is 1.00 bits per heavy atom. The molecule has 0 saturated heterocycles. The normalized spacial score (nSPS) is 10.2. The van der Waals surface area contributed by atoms with E-state index in [0.29, 0.717) is 5.56 Å². The summed E-state index contributed by atoms with van der Waals surface area (Å²) < 4.78 is 13.1. The average Bonchev–Trinajstić information content (AvgIpc) is 2.41. The van der Waals surface area contributed by atoms with Crippen LogP contribution >= 0.6 is 0 Å². The Morgan fingerprint density at radius 3 is 2.28 bits per heavy atom. The van der Waals surface area contributed by atoms with Gasteiger partial charge in [-0.25, -0.2) is 4.39 Å². The van der Waals surface area contributed by atoms with Crippen LogP contribution in [0.1, 0.15) is 11.1 Å². The molecule has 3 heteroatoms. The number of hydrogen-bond donors (Lipinski definition) is 2. The SMILES string of the molecule is CNc1ccc(CNc2ccc(F)c(C)c2)cc1. The van der Waals surface area contributed by atoms with Gasteiger partial charge >= 0.3 is 0 Å². The number of rotatable bonds is 4. The van der Waals surface area contributed by atoms with E-state index in [9.17, 15) is 4.39 Å². The molecule has 0 spiro atoms. The molecule has 2 rings (SSSR count). The summed E-state index contributed by atoms with van der Waals surface area (Å²) in [6.07, 6.45) is 0. The number of benzene rings is 2. The second kappa shape index (κ2) is 5.54. The molecular weight excluding hydrogens is 227 g/mol. The van der Waals surface area contributed by atoms with Crippen LogP contribution in [0.2, 0.25) is 0 Å². The van der Waals surface area contributed by atoms with Crippen molar-refractivity contribution in [3.8, 4) is 0 Å². The summed E-state index contributed by atoms with van der Waals surface area (Å²) in [5.74, 6) is -0.168. The molecule has 0 aliphatic carbocycles. The fourth-order valence-corrected chi connectivity index (χ4v) is 1.75. The van der Waals surface area contributed by atoms with Crippen LogP contribution in [0.25, 0.3) is 0 Å². The van der Waals surface area contributed by atoms with Crippen LogP contribution in [0.15, 0.2) is 42.5 Å². The summed E-state index contributed by atoms with van der Waals surface area (Å²) in [5.41, 5.74) is 3.88. The molecule has 0 radical (unpaired) electrons. The van der Waals surface area contributed by atoms with Gasteiger partial charge in [-0.05, 0) is 48.4 Å². The van der Waals surface area contributed by atoms with Crippen molar-refractivity contribution in [3.63, 3.8) is 0 Å². The van der Waals surface area contributed by atoms with E-state index in [1.165, 1.54) is 11.6 Å². The van der Waals surface area contributed by atoms with E-state index in [0.717, 1.165) is 17.9 Å². The lowest BCUT2D eigenvalue weighted by Crippen LogP contribution is -2.00. The van der Waals surface area contributed by atoms with E-state index in [4.69, 9.17) is 0 Å². The standard InChI is InChI=1S/C15H17FN2/c1-11-9-14(7-8-15(11)16)18-10-12-3-5-13(17-2)6-4-12/h3-9,17-18H,10H2,1-2H3. The van der Waals surface area contributed by atoms with Crippen LogP contribution in [0.5, 0.6) is 0 Å². The fraction of sp³-hybridized carbons (Fsp3) is 0.200. The Balaban J connectivity index is 1.99. The van der Waals surface area contributed by atoms with Crippen molar-refractivity contribution >= 4 is 11.4 Å². The smallest absolute Gasteiger partial charge is 0.126 e. The minimum Gasteiger partial charge on any atom is -0.388 e. The maximum atomic E-state index is 13.1. The zero-order valence-corrected chi connectivity index (χ0v) is 10.6. The molecule has 0 amide bonds. The maximum absolute atomic E-state index is 13.1. The van der Waals surface area contributed by atoms with Gasteiger partial charge < -0.3 is 10.6 Å². The first kappa shape index (κ1) is 12.4. The van der Waals surface area contributed by atoms with E-state index in [2.05, 4.69) is 22.8 Å². The van der Waals surface area contributed by atoms with Gasteiger partial charge in [0.25, 0.3) is 0 Å². The second-order valence-electron chi connectivity index (χ2n) is 4.26. The van der Waals surface area contributed by atoms with Crippen LogP contribution in [-0.4, -0.2) is 7.05 Å². The number of anilines is 2. The summed E-state index contributed by atoms with van der Waals surface area (Å²) in [4.78, 5) is 0. The van der Waals surface area contributed by atoms with Gasteiger partial charge in [0.05, 0.1) is 0 Å². The molecule has 0 saturated carbocycles. The molecule has 18 heavy (non-hydrogen) atoms. The number of aryl methyl sites for hydroxylation is 1. The lowest BCUT2D eigenvalue weighted by Gasteiger charge is -2.08. The van der Waals surface area contributed by atoms with Gasteiger partial charge in [0.15, 0.2) is 0 Å². The first-order chi connectivity index (χ1) is 8.69. The zero-order valence-electron chi connectivity index (χ0n) is 10.6. The van der Waals surface area contributed by atoms with E-state index in [1.54, 1.807) is 13.0 Å². The average molecular weight is 244 g/mol. The molecular formula is C15H17FN2. The van der Waals surface area contributed by atoms with Crippen LogP contribution < -0.4 is 10.6 Å². The molecule has 2 nitrogen and oxygen atoms in total. The molecule has 0 aliphatic heterocycles. The van der Waals surface area contributed by atoms with E-state index in [1.807, 2.05) is 25.2 Å². The van der Waals surface area contributed by atoms with Crippen molar-refractivity contribution < 1.29 is 4.39 Å².